The number of carbonyl (C=O) groups excluding carboxylic acids is 1. The lowest BCUT2D eigenvalue weighted by molar-refractivity contribution is -0.139. The van der Waals surface area contributed by atoms with Crippen molar-refractivity contribution in [3.8, 4) is 5.75 Å². The summed E-state index contributed by atoms with van der Waals surface area (Å²) in [5.74, 6) is -0.675. The Bertz CT molecular complexity index is 1390. The van der Waals surface area contributed by atoms with Crippen molar-refractivity contribution in [3.05, 3.63) is 81.1 Å². The number of carbonyl (C=O) groups is 1. The summed E-state index contributed by atoms with van der Waals surface area (Å²) in [5.41, 5.74) is 0.805. The minimum Gasteiger partial charge on any atom is -0.506 e. The number of ether oxygens (including phenoxy) is 1. The van der Waals surface area contributed by atoms with Crippen LogP contribution in [0, 0.1) is 0 Å². The zero-order valence-corrected chi connectivity index (χ0v) is 19.5. The molecule has 1 unspecified atom stereocenters. The summed E-state index contributed by atoms with van der Waals surface area (Å²) in [6.45, 7) is 3.67. The summed E-state index contributed by atoms with van der Waals surface area (Å²) >= 11 is 14.7. The summed E-state index contributed by atoms with van der Waals surface area (Å²) in [5, 5.41) is 12.6. The number of aromatic nitrogens is 1. The number of hydrogen-bond acceptors (Lipinski definition) is 7. The largest absolute Gasteiger partial charge is 0.506 e. The molecule has 0 fully saturated rings. The van der Waals surface area contributed by atoms with Crippen LogP contribution in [0.5, 0.6) is 5.75 Å². The Balaban J connectivity index is 1.97. The molecule has 1 aromatic carbocycles. The molecule has 6 nitrogen and oxygen atoms in total. The highest BCUT2D eigenvalue weighted by molar-refractivity contribution is 7.10. The van der Waals surface area contributed by atoms with E-state index >= 15 is 0 Å². The van der Waals surface area contributed by atoms with Gasteiger partial charge in [-0.15, -0.1) is 11.3 Å². The molecule has 3 aromatic rings. The van der Waals surface area contributed by atoms with Crippen LogP contribution in [-0.4, -0.2) is 22.2 Å². The lowest BCUT2D eigenvalue weighted by Gasteiger charge is -2.23. The summed E-state index contributed by atoms with van der Waals surface area (Å²) in [6.07, 6.45) is 1.52. The van der Waals surface area contributed by atoms with Crippen LogP contribution < -0.4 is 14.9 Å². The molecule has 3 heterocycles. The number of thiophene rings is 1. The van der Waals surface area contributed by atoms with Crippen molar-refractivity contribution in [2.24, 2.45) is 4.99 Å². The summed E-state index contributed by atoms with van der Waals surface area (Å²) in [6, 6.07) is 6.03. The predicted octanol–water partition coefficient (Wildman–Crippen LogP) is 3.87. The van der Waals surface area contributed by atoms with Crippen LogP contribution in [0.1, 0.15) is 30.3 Å². The number of aromatic hydroxyl groups is 1. The maximum absolute atomic E-state index is 13.4. The maximum Gasteiger partial charge on any atom is 0.338 e. The predicted molar refractivity (Wildman–Crippen MR) is 123 cm³/mol. The molecule has 10 heteroatoms. The van der Waals surface area contributed by atoms with Crippen molar-refractivity contribution >= 4 is 57.9 Å². The van der Waals surface area contributed by atoms with Crippen LogP contribution in [0.3, 0.4) is 0 Å². The molecule has 0 spiro atoms. The molecular formula is C21H16Cl2N2O4S2. The van der Waals surface area contributed by atoms with Gasteiger partial charge >= 0.3 is 5.97 Å². The van der Waals surface area contributed by atoms with Gasteiger partial charge in [-0.3, -0.25) is 9.36 Å². The highest BCUT2D eigenvalue weighted by Crippen LogP contribution is 2.34. The molecule has 1 N–H and O–H groups in total. The first-order chi connectivity index (χ1) is 14.8. The number of hydrogen-bond donors (Lipinski definition) is 1. The van der Waals surface area contributed by atoms with E-state index in [1.807, 2.05) is 17.5 Å². The smallest absolute Gasteiger partial charge is 0.338 e. The normalized spacial score (nSPS) is 16.3. The number of allylic oxidation sites excluding steroid dienone is 1. The fourth-order valence-corrected chi connectivity index (χ4v) is 5.71. The maximum atomic E-state index is 13.4. The molecule has 160 valence electrons. The molecule has 1 aliphatic heterocycles. The zero-order valence-electron chi connectivity index (χ0n) is 16.4. The number of thiazole rings is 1. The third-order valence-electron chi connectivity index (χ3n) is 4.67. The van der Waals surface area contributed by atoms with Gasteiger partial charge in [0.05, 0.1) is 27.4 Å². The van der Waals surface area contributed by atoms with Crippen LogP contribution in [0.2, 0.25) is 10.0 Å². The molecule has 0 saturated heterocycles. The van der Waals surface area contributed by atoms with Crippen molar-refractivity contribution in [2.75, 3.05) is 6.61 Å². The first-order valence-electron chi connectivity index (χ1n) is 9.23. The quantitative estimate of drug-likeness (QED) is 0.558. The van der Waals surface area contributed by atoms with Crippen molar-refractivity contribution in [1.29, 1.82) is 0 Å². The Labute approximate surface area is 195 Å². The summed E-state index contributed by atoms with van der Waals surface area (Å²) in [7, 11) is 0. The number of benzene rings is 1. The molecule has 2 aromatic heterocycles. The van der Waals surface area contributed by atoms with E-state index in [2.05, 4.69) is 4.99 Å². The first-order valence-corrected chi connectivity index (χ1v) is 11.7. The second-order valence-electron chi connectivity index (χ2n) is 6.64. The van der Waals surface area contributed by atoms with Gasteiger partial charge in [-0.2, -0.15) is 0 Å². The van der Waals surface area contributed by atoms with Gasteiger partial charge in [-0.25, -0.2) is 9.79 Å². The van der Waals surface area contributed by atoms with E-state index in [9.17, 15) is 14.7 Å². The fourth-order valence-electron chi connectivity index (χ4n) is 3.34. The van der Waals surface area contributed by atoms with Crippen molar-refractivity contribution in [1.82, 2.24) is 4.57 Å². The van der Waals surface area contributed by atoms with E-state index < -0.39 is 12.0 Å². The number of esters is 1. The van der Waals surface area contributed by atoms with Gasteiger partial charge < -0.3 is 9.84 Å². The number of phenols is 1. The lowest BCUT2D eigenvalue weighted by Crippen LogP contribution is -2.39. The third-order valence-corrected chi connectivity index (χ3v) is 7.09. The van der Waals surface area contributed by atoms with E-state index in [0.717, 1.165) is 16.2 Å². The Kier molecular flexibility index (Phi) is 6.07. The van der Waals surface area contributed by atoms with E-state index in [4.69, 9.17) is 27.9 Å². The average Bonchev–Trinajstić information content (AvgIpc) is 3.34. The van der Waals surface area contributed by atoms with E-state index in [-0.39, 0.29) is 22.9 Å². The molecule has 0 aliphatic carbocycles. The van der Waals surface area contributed by atoms with Crippen LogP contribution in [-0.2, 0) is 9.53 Å². The SMILES string of the molecule is CCOC(=O)C1=C(C)N=c2s/c(=C/c3cc(Cl)cc(Cl)c3O)c(=O)n2C1c1cccs1. The molecule has 0 amide bonds. The molecule has 1 aliphatic rings. The van der Waals surface area contributed by atoms with Gasteiger partial charge in [0.15, 0.2) is 4.80 Å². The van der Waals surface area contributed by atoms with Gasteiger partial charge in [0.25, 0.3) is 5.56 Å². The average molecular weight is 495 g/mol. The van der Waals surface area contributed by atoms with E-state index in [1.165, 1.54) is 34.1 Å². The van der Waals surface area contributed by atoms with Crippen molar-refractivity contribution in [3.63, 3.8) is 0 Å². The number of halogens is 2. The van der Waals surface area contributed by atoms with Gasteiger partial charge in [-0.1, -0.05) is 40.6 Å². The second-order valence-corrected chi connectivity index (χ2v) is 9.48. The summed E-state index contributed by atoms with van der Waals surface area (Å²) in [4.78, 5) is 31.9. The Morgan fingerprint density at radius 1 is 1.39 bits per heavy atom. The molecule has 0 bridgehead atoms. The number of phenolic OH excluding ortho intramolecular Hbond substituents is 1. The fraction of sp³-hybridized carbons (Fsp3) is 0.190. The Morgan fingerprint density at radius 2 is 2.16 bits per heavy atom. The van der Waals surface area contributed by atoms with Crippen molar-refractivity contribution < 1.29 is 14.6 Å². The van der Waals surface area contributed by atoms with Gasteiger partial charge in [0.1, 0.15) is 11.8 Å². The minimum absolute atomic E-state index is 0.0865. The van der Waals surface area contributed by atoms with Crippen LogP contribution >= 0.6 is 45.9 Å². The van der Waals surface area contributed by atoms with Gasteiger partial charge in [-0.05, 0) is 43.5 Å². The molecular weight excluding hydrogens is 479 g/mol. The molecule has 4 rings (SSSR count). The third kappa shape index (κ3) is 3.96. The molecule has 0 radical (unpaired) electrons. The number of nitrogens with zero attached hydrogens (tertiary/aromatic N) is 2. The summed E-state index contributed by atoms with van der Waals surface area (Å²) < 4.78 is 7.06. The van der Waals surface area contributed by atoms with Crippen molar-refractivity contribution in [2.45, 2.75) is 19.9 Å². The monoisotopic (exact) mass is 494 g/mol. The highest BCUT2D eigenvalue weighted by atomic mass is 35.5. The molecule has 0 saturated carbocycles. The van der Waals surface area contributed by atoms with Crippen LogP contribution in [0.25, 0.3) is 6.08 Å². The zero-order chi connectivity index (χ0) is 22.3. The van der Waals surface area contributed by atoms with E-state index in [1.54, 1.807) is 13.8 Å². The number of rotatable bonds is 4. The highest BCUT2D eigenvalue weighted by Gasteiger charge is 2.33. The standard InChI is InChI=1S/C21H16Cl2N2O4S2/c1-3-29-20(28)16-10(2)24-21-25(17(16)14-5-4-6-30-14)19(27)15(31-21)8-11-7-12(22)9-13(23)18(11)26/h4-9,17,26H,3H2,1-2H3/b15-8+. The Hall–Kier alpha value is -2.39. The second kappa shape index (κ2) is 8.63. The lowest BCUT2D eigenvalue weighted by atomic mass is 10.0. The first kappa shape index (κ1) is 21.8. The number of fused-ring (bicyclic) bond motifs is 1. The van der Waals surface area contributed by atoms with E-state index in [0.29, 0.717) is 31.2 Å². The Morgan fingerprint density at radius 3 is 2.84 bits per heavy atom. The topological polar surface area (TPSA) is 80.9 Å². The van der Waals surface area contributed by atoms with Crippen LogP contribution in [0.4, 0.5) is 0 Å². The minimum atomic E-state index is -0.644. The molecule has 1 atom stereocenters. The molecule has 31 heavy (non-hydrogen) atoms. The van der Waals surface area contributed by atoms with Crippen LogP contribution in [0.15, 0.2) is 50.7 Å². The van der Waals surface area contributed by atoms with Gasteiger partial charge in [0, 0.05) is 15.5 Å². The van der Waals surface area contributed by atoms with Gasteiger partial charge in [0.2, 0.25) is 0 Å².